The fraction of sp³-hybridized carbons (Fsp3) is 0.467. The molecule has 0 saturated carbocycles. The summed E-state index contributed by atoms with van der Waals surface area (Å²) in [5.74, 6) is 1.90. The molecule has 0 fully saturated rings. The van der Waals surface area contributed by atoms with Crippen molar-refractivity contribution < 1.29 is 23.8 Å². The minimum atomic E-state index is -0.208. The number of benzene rings is 2. The van der Waals surface area contributed by atoms with Gasteiger partial charge in [-0.1, -0.05) is 62.1 Å². The molecule has 0 radical (unpaired) electrons. The first-order valence-electron chi connectivity index (χ1n) is 13.7. The van der Waals surface area contributed by atoms with Crippen LogP contribution in [0.4, 0.5) is 5.13 Å². The van der Waals surface area contributed by atoms with Gasteiger partial charge in [0.1, 0.15) is 10.8 Å². The van der Waals surface area contributed by atoms with Crippen LogP contribution in [0.2, 0.25) is 0 Å². The van der Waals surface area contributed by atoms with E-state index in [4.69, 9.17) is 14.2 Å². The Labute approximate surface area is 240 Å². The number of hydrogen-bond acceptors (Lipinski definition) is 8. The van der Waals surface area contributed by atoms with E-state index >= 15 is 0 Å². The van der Waals surface area contributed by atoms with E-state index in [0.29, 0.717) is 47.6 Å². The number of carbonyl (C=O) groups excluding carboxylic acids is 2. The monoisotopic (exact) mass is 568 g/mol. The molecule has 0 atom stereocenters. The molecule has 0 bridgehead atoms. The summed E-state index contributed by atoms with van der Waals surface area (Å²) in [6, 6.07) is 13.3. The molecule has 3 aromatic rings. The van der Waals surface area contributed by atoms with Crippen molar-refractivity contribution in [2.24, 2.45) is 0 Å². The van der Waals surface area contributed by atoms with E-state index in [1.165, 1.54) is 17.8 Å². The molecule has 3 rings (SSSR count). The van der Waals surface area contributed by atoms with Crippen molar-refractivity contribution >= 4 is 28.3 Å². The average Bonchev–Trinajstić information content (AvgIpc) is 3.45. The summed E-state index contributed by atoms with van der Waals surface area (Å²) in [5, 5.41) is 12.2. The Balaban J connectivity index is 1.59. The van der Waals surface area contributed by atoms with Gasteiger partial charge in [-0.15, -0.1) is 10.2 Å². The second kappa shape index (κ2) is 16.4. The summed E-state index contributed by atoms with van der Waals surface area (Å²) < 4.78 is 16.0. The van der Waals surface area contributed by atoms with Gasteiger partial charge in [-0.2, -0.15) is 0 Å². The van der Waals surface area contributed by atoms with Gasteiger partial charge in [-0.3, -0.25) is 9.59 Å². The highest BCUT2D eigenvalue weighted by Gasteiger charge is 2.17. The fourth-order valence-corrected chi connectivity index (χ4v) is 5.02. The van der Waals surface area contributed by atoms with Crippen molar-refractivity contribution in [3.63, 3.8) is 0 Å². The summed E-state index contributed by atoms with van der Waals surface area (Å²) in [4.78, 5) is 27.7. The first kappa shape index (κ1) is 30.9. The summed E-state index contributed by atoms with van der Waals surface area (Å²) in [7, 11) is 4.82. The van der Waals surface area contributed by atoms with Crippen LogP contribution in [0.5, 0.6) is 17.2 Å². The molecule has 0 unspecified atom stereocenters. The van der Waals surface area contributed by atoms with Crippen molar-refractivity contribution in [3.05, 3.63) is 48.0 Å². The Morgan fingerprint density at radius 3 is 2.42 bits per heavy atom. The van der Waals surface area contributed by atoms with E-state index in [1.54, 1.807) is 26.2 Å². The maximum absolute atomic E-state index is 13.1. The third kappa shape index (κ3) is 9.51. The number of amides is 2. The number of hydrogen-bond donors (Lipinski definition) is 1. The molecule has 0 aliphatic rings. The van der Waals surface area contributed by atoms with E-state index in [9.17, 15) is 9.59 Å². The van der Waals surface area contributed by atoms with Crippen LogP contribution in [0.25, 0.3) is 10.6 Å². The lowest BCUT2D eigenvalue weighted by Gasteiger charge is -2.23. The molecule has 9 nitrogen and oxygen atoms in total. The number of methoxy groups -OCH3 is 3. The number of nitrogens with zero attached hydrogens (tertiary/aromatic N) is 3. The van der Waals surface area contributed by atoms with Crippen LogP contribution in [0, 0.1) is 0 Å². The Bertz CT molecular complexity index is 1230. The van der Waals surface area contributed by atoms with E-state index in [0.717, 1.165) is 42.6 Å². The molecule has 0 spiro atoms. The van der Waals surface area contributed by atoms with Gasteiger partial charge in [0.25, 0.3) is 0 Å². The average molecular weight is 569 g/mol. The van der Waals surface area contributed by atoms with Crippen LogP contribution in [-0.2, 0) is 16.0 Å². The Hall–Kier alpha value is -3.66. The highest BCUT2D eigenvalue weighted by atomic mass is 32.1. The van der Waals surface area contributed by atoms with Gasteiger partial charge in [0.05, 0.1) is 21.3 Å². The van der Waals surface area contributed by atoms with E-state index in [-0.39, 0.29) is 18.2 Å². The SMILES string of the molecule is CCCCCCCC(=O)N(CCC(=O)Nc1nnc(-c2cccc(OC)c2)s1)CCc1ccc(OC)c(OC)c1. The van der Waals surface area contributed by atoms with Gasteiger partial charge in [0.15, 0.2) is 11.5 Å². The maximum atomic E-state index is 13.1. The van der Waals surface area contributed by atoms with Gasteiger partial charge in [-0.25, -0.2) is 0 Å². The molecule has 0 aliphatic heterocycles. The normalized spacial score (nSPS) is 10.7. The van der Waals surface area contributed by atoms with Crippen molar-refractivity contribution in [1.82, 2.24) is 15.1 Å². The van der Waals surface area contributed by atoms with Crippen molar-refractivity contribution in [1.29, 1.82) is 0 Å². The predicted octanol–water partition coefficient (Wildman–Crippen LogP) is 5.99. The molecule has 40 heavy (non-hydrogen) atoms. The first-order valence-corrected chi connectivity index (χ1v) is 14.6. The Morgan fingerprint density at radius 1 is 0.875 bits per heavy atom. The zero-order valence-corrected chi connectivity index (χ0v) is 24.7. The smallest absolute Gasteiger partial charge is 0.227 e. The number of aromatic nitrogens is 2. The standard InChI is InChI=1S/C30H40N4O5S/c1-5-6-7-8-9-13-28(36)34(18-16-22-14-15-25(38-3)26(20-22)39-4)19-17-27(35)31-30-33-32-29(40-30)23-11-10-12-24(21-23)37-2/h10-12,14-15,20-21H,5-9,13,16-19H2,1-4H3,(H,31,33,35). The maximum Gasteiger partial charge on any atom is 0.227 e. The molecule has 1 heterocycles. The summed E-state index contributed by atoms with van der Waals surface area (Å²) in [6.45, 7) is 3.01. The zero-order chi connectivity index (χ0) is 28.7. The molecule has 2 amide bonds. The van der Waals surface area contributed by atoms with Crippen LogP contribution in [0.15, 0.2) is 42.5 Å². The molecule has 2 aromatic carbocycles. The molecule has 1 N–H and O–H groups in total. The molecule has 10 heteroatoms. The summed E-state index contributed by atoms with van der Waals surface area (Å²) in [5.41, 5.74) is 1.89. The van der Waals surface area contributed by atoms with Crippen LogP contribution in [0.3, 0.4) is 0 Å². The number of anilines is 1. The minimum Gasteiger partial charge on any atom is -0.497 e. The lowest BCUT2D eigenvalue weighted by molar-refractivity contribution is -0.131. The zero-order valence-electron chi connectivity index (χ0n) is 23.9. The first-order chi connectivity index (χ1) is 19.5. The van der Waals surface area contributed by atoms with E-state index in [1.807, 2.05) is 42.5 Å². The topological polar surface area (TPSA) is 103 Å². The highest BCUT2D eigenvalue weighted by Crippen LogP contribution is 2.29. The van der Waals surface area contributed by atoms with Gasteiger partial charge in [-0.05, 0) is 42.7 Å². The highest BCUT2D eigenvalue weighted by molar-refractivity contribution is 7.18. The van der Waals surface area contributed by atoms with Crippen LogP contribution < -0.4 is 19.5 Å². The van der Waals surface area contributed by atoms with Gasteiger partial charge < -0.3 is 24.4 Å². The molecule has 1 aromatic heterocycles. The number of unbranched alkanes of at least 4 members (excludes halogenated alkanes) is 4. The lowest BCUT2D eigenvalue weighted by atomic mass is 10.1. The predicted molar refractivity (Wildman–Crippen MR) is 158 cm³/mol. The number of rotatable bonds is 17. The molecular weight excluding hydrogens is 528 g/mol. The van der Waals surface area contributed by atoms with E-state index in [2.05, 4.69) is 22.4 Å². The van der Waals surface area contributed by atoms with Gasteiger partial charge >= 0.3 is 0 Å². The summed E-state index contributed by atoms with van der Waals surface area (Å²) >= 11 is 1.29. The van der Waals surface area contributed by atoms with Crippen LogP contribution >= 0.6 is 11.3 Å². The Kier molecular flexibility index (Phi) is 12.7. The number of ether oxygens (including phenoxy) is 3. The minimum absolute atomic E-state index is 0.0704. The largest absolute Gasteiger partial charge is 0.497 e. The fourth-order valence-electron chi connectivity index (χ4n) is 4.26. The van der Waals surface area contributed by atoms with E-state index < -0.39 is 0 Å². The second-order valence-corrected chi connectivity index (χ2v) is 10.4. The molecule has 0 aliphatic carbocycles. The third-order valence-corrected chi connectivity index (χ3v) is 7.45. The van der Waals surface area contributed by atoms with Gasteiger partial charge in [0.2, 0.25) is 16.9 Å². The molecular formula is C30H40N4O5S. The second-order valence-electron chi connectivity index (χ2n) is 9.43. The van der Waals surface area contributed by atoms with Crippen LogP contribution in [-0.4, -0.2) is 61.3 Å². The van der Waals surface area contributed by atoms with Gasteiger partial charge in [0, 0.05) is 31.5 Å². The van der Waals surface area contributed by atoms with Crippen molar-refractivity contribution in [3.8, 4) is 27.8 Å². The van der Waals surface area contributed by atoms with Crippen molar-refractivity contribution in [2.75, 3.05) is 39.7 Å². The van der Waals surface area contributed by atoms with Crippen LogP contribution in [0.1, 0.15) is 57.4 Å². The number of nitrogens with one attached hydrogen (secondary N) is 1. The Morgan fingerprint density at radius 2 is 1.68 bits per heavy atom. The quantitative estimate of drug-likeness (QED) is 0.200. The third-order valence-electron chi connectivity index (χ3n) is 6.56. The molecule has 216 valence electrons. The summed E-state index contributed by atoms with van der Waals surface area (Å²) in [6.07, 6.45) is 6.67. The van der Waals surface area contributed by atoms with Crippen molar-refractivity contribution in [2.45, 2.75) is 58.3 Å². The lowest BCUT2D eigenvalue weighted by Crippen LogP contribution is -2.35. The molecule has 0 saturated heterocycles. The number of carbonyl (C=O) groups is 2.